The van der Waals surface area contributed by atoms with Crippen molar-refractivity contribution in [1.82, 2.24) is 0 Å². The molecule has 84 valence electrons. The van der Waals surface area contributed by atoms with Gasteiger partial charge in [-0.15, -0.1) is 0 Å². The van der Waals surface area contributed by atoms with Gasteiger partial charge >= 0.3 is 5.63 Å². The summed E-state index contributed by atoms with van der Waals surface area (Å²) < 4.78 is 4.89. The van der Waals surface area contributed by atoms with Gasteiger partial charge in [-0.1, -0.05) is 13.3 Å². The van der Waals surface area contributed by atoms with E-state index < -0.39 is 5.63 Å². The molecule has 0 fully saturated rings. The van der Waals surface area contributed by atoms with Crippen LogP contribution >= 0.6 is 0 Å². The van der Waals surface area contributed by atoms with Crippen molar-refractivity contribution in [2.75, 3.05) is 0 Å². The molecule has 0 bridgehead atoms. The van der Waals surface area contributed by atoms with Gasteiger partial charge in [-0.3, -0.25) is 0 Å². The second-order valence-electron chi connectivity index (χ2n) is 3.65. The molecule has 0 aliphatic heterocycles. The Morgan fingerprint density at radius 2 is 2.06 bits per heavy atom. The lowest BCUT2D eigenvalue weighted by molar-refractivity contribution is 0.397. The Hall–Kier alpha value is -1.97. The van der Waals surface area contributed by atoms with Crippen LogP contribution in [-0.4, -0.2) is 10.2 Å². The van der Waals surface area contributed by atoms with Crippen molar-refractivity contribution < 1.29 is 14.6 Å². The molecule has 0 atom stereocenters. The summed E-state index contributed by atoms with van der Waals surface area (Å²) in [6.45, 7) is 2.00. The number of rotatable bonds is 2. The van der Waals surface area contributed by atoms with Crippen LogP contribution < -0.4 is 5.63 Å². The molecule has 0 aliphatic rings. The lowest BCUT2D eigenvalue weighted by atomic mass is 10.1. The van der Waals surface area contributed by atoms with Gasteiger partial charge in [0.2, 0.25) is 5.75 Å². The lowest BCUT2D eigenvalue weighted by Crippen LogP contribution is -2.00. The Morgan fingerprint density at radius 1 is 1.31 bits per heavy atom. The first-order valence-electron chi connectivity index (χ1n) is 5.11. The maximum atomic E-state index is 11.3. The summed E-state index contributed by atoms with van der Waals surface area (Å²) in [5.41, 5.74) is 0.358. The van der Waals surface area contributed by atoms with Crippen molar-refractivity contribution in [1.29, 1.82) is 0 Å². The van der Waals surface area contributed by atoms with Crippen molar-refractivity contribution in [2.45, 2.75) is 19.8 Å². The number of phenolic OH excluding ortho intramolecular Hbond substituents is 2. The highest BCUT2D eigenvalue weighted by molar-refractivity contribution is 5.87. The van der Waals surface area contributed by atoms with Gasteiger partial charge in [0, 0.05) is 11.5 Å². The fraction of sp³-hybridized carbons (Fsp3) is 0.250. The quantitative estimate of drug-likeness (QED) is 0.601. The zero-order valence-electron chi connectivity index (χ0n) is 8.86. The van der Waals surface area contributed by atoms with Gasteiger partial charge in [0.05, 0.1) is 0 Å². The highest BCUT2D eigenvalue weighted by Crippen LogP contribution is 2.34. The van der Waals surface area contributed by atoms with Crippen LogP contribution in [0.25, 0.3) is 11.0 Å². The molecule has 1 heterocycles. The maximum absolute atomic E-state index is 11.3. The molecular formula is C12H12O4. The van der Waals surface area contributed by atoms with Crippen molar-refractivity contribution in [3.05, 3.63) is 34.2 Å². The first-order chi connectivity index (χ1) is 7.63. The molecule has 0 aliphatic carbocycles. The summed E-state index contributed by atoms with van der Waals surface area (Å²) in [5, 5.41) is 19.6. The Labute approximate surface area is 91.8 Å². The third-order valence-electron chi connectivity index (χ3n) is 2.47. The number of aryl methyl sites for hydroxylation is 1. The zero-order chi connectivity index (χ0) is 11.7. The predicted octanol–water partition coefficient (Wildman–Crippen LogP) is 2.16. The second-order valence-corrected chi connectivity index (χ2v) is 3.65. The van der Waals surface area contributed by atoms with Gasteiger partial charge in [0.1, 0.15) is 0 Å². The Morgan fingerprint density at radius 3 is 2.75 bits per heavy atom. The topological polar surface area (TPSA) is 70.7 Å². The van der Waals surface area contributed by atoms with Crippen molar-refractivity contribution in [3.8, 4) is 11.5 Å². The van der Waals surface area contributed by atoms with Gasteiger partial charge in [0.25, 0.3) is 0 Å². The number of hydrogen-bond donors (Lipinski definition) is 2. The van der Waals surface area contributed by atoms with E-state index >= 15 is 0 Å². The van der Waals surface area contributed by atoms with E-state index in [2.05, 4.69) is 0 Å². The molecule has 0 unspecified atom stereocenters. The Kier molecular flexibility index (Phi) is 2.56. The lowest BCUT2D eigenvalue weighted by Gasteiger charge is -2.05. The van der Waals surface area contributed by atoms with Gasteiger partial charge in [-0.05, 0) is 24.1 Å². The minimum atomic E-state index is -0.517. The van der Waals surface area contributed by atoms with E-state index in [9.17, 15) is 15.0 Å². The number of hydrogen-bond acceptors (Lipinski definition) is 4. The van der Waals surface area contributed by atoms with E-state index in [4.69, 9.17) is 4.42 Å². The third-order valence-corrected chi connectivity index (χ3v) is 2.47. The minimum absolute atomic E-state index is 0.0518. The predicted molar refractivity (Wildman–Crippen MR) is 59.8 cm³/mol. The van der Waals surface area contributed by atoms with Crippen LogP contribution in [0.1, 0.15) is 18.9 Å². The summed E-state index contributed by atoms with van der Waals surface area (Å²) in [6, 6.07) is 4.44. The third kappa shape index (κ3) is 1.62. The normalized spacial score (nSPS) is 10.8. The molecule has 0 spiro atoms. The van der Waals surface area contributed by atoms with Crippen LogP contribution in [0.5, 0.6) is 11.5 Å². The summed E-state index contributed by atoms with van der Waals surface area (Å²) in [7, 11) is 0. The molecular weight excluding hydrogens is 208 g/mol. The molecule has 0 saturated heterocycles. The van der Waals surface area contributed by atoms with E-state index in [0.29, 0.717) is 5.39 Å². The Bertz CT molecular complexity index is 583. The molecule has 0 amide bonds. The molecule has 1 aromatic heterocycles. The number of benzene rings is 1. The molecule has 2 rings (SSSR count). The molecule has 2 N–H and O–H groups in total. The van der Waals surface area contributed by atoms with Gasteiger partial charge in [0.15, 0.2) is 11.3 Å². The highest BCUT2D eigenvalue weighted by atomic mass is 16.4. The standard InChI is InChI=1S/C12H12O4/c1-2-3-7-6-10(14)16-12-8(7)4-5-9(13)11(12)15/h4-6,13,15H,2-3H2,1H3. The van der Waals surface area contributed by atoms with Crippen molar-refractivity contribution in [3.63, 3.8) is 0 Å². The van der Waals surface area contributed by atoms with E-state index in [1.807, 2.05) is 6.92 Å². The van der Waals surface area contributed by atoms with E-state index in [0.717, 1.165) is 18.4 Å². The van der Waals surface area contributed by atoms with Crippen LogP contribution in [-0.2, 0) is 6.42 Å². The summed E-state index contributed by atoms with van der Waals surface area (Å²) in [4.78, 5) is 11.3. The van der Waals surface area contributed by atoms with Gasteiger partial charge in [-0.2, -0.15) is 0 Å². The number of fused-ring (bicyclic) bond motifs is 1. The summed E-state index contributed by atoms with van der Waals surface area (Å²) >= 11 is 0. The maximum Gasteiger partial charge on any atom is 0.336 e. The SMILES string of the molecule is CCCc1cc(=O)oc2c(O)c(O)ccc12. The average Bonchev–Trinajstić information content (AvgIpc) is 2.24. The fourth-order valence-electron chi connectivity index (χ4n) is 1.74. The second kappa shape index (κ2) is 3.89. The minimum Gasteiger partial charge on any atom is -0.504 e. The van der Waals surface area contributed by atoms with E-state index in [1.165, 1.54) is 12.1 Å². The number of aromatic hydroxyl groups is 2. The molecule has 0 saturated carbocycles. The van der Waals surface area contributed by atoms with Crippen LogP contribution in [0.15, 0.2) is 27.4 Å². The monoisotopic (exact) mass is 220 g/mol. The zero-order valence-corrected chi connectivity index (χ0v) is 8.86. The van der Waals surface area contributed by atoms with Crippen LogP contribution in [0.3, 0.4) is 0 Å². The molecule has 2 aromatic rings. The van der Waals surface area contributed by atoms with Gasteiger partial charge in [-0.25, -0.2) is 4.79 Å². The highest BCUT2D eigenvalue weighted by Gasteiger charge is 2.11. The number of phenols is 2. The summed E-state index contributed by atoms with van der Waals surface area (Å²) in [6.07, 6.45) is 1.62. The van der Waals surface area contributed by atoms with Crippen LogP contribution in [0, 0.1) is 0 Å². The van der Waals surface area contributed by atoms with Crippen molar-refractivity contribution in [2.24, 2.45) is 0 Å². The van der Waals surface area contributed by atoms with Crippen LogP contribution in [0.4, 0.5) is 0 Å². The average molecular weight is 220 g/mol. The Balaban J connectivity index is 2.83. The largest absolute Gasteiger partial charge is 0.504 e. The smallest absolute Gasteiger partial charge is 0.336 e. The summed E-state index contributed by atoms with van der Waals surface area (Å²) in [5.74, 6) is -0.670. The molecule has 4 nitrogen and oxygen atoms in total. The fourth-order valence-corrected chi connectivity index (χ4v) is 1.74. The molecule has 16 heavy (non-hydrogen) atoms. The van der Waals surface area contributed by atoms with E-state index in [1.54, 1.807) is 6.07 Å². The van der Waals surface area contributed by atoms with Crippen LogP contribution in [0.2, 0.25) is 0 Å². The molecule has 0 radical (unpaired) electrons. The first-order valence-corrected chi connectivity index (χ1v) is 5.11. The van der Waals surface area contributed by atoms with Crippen molar-refractivity contribution >= 4 is 11.0 Å². The molecule has 4 heteroatoms. The first kappa shape index (κ1) is 10.5. The van der Waals surface area contributed by atoms with E-state index in [-0.39, 0.29) is 17.1 Å². The van der Waals surface area contributed by atoms with Gasteiger partial charge < -0.3 is 14.6 Å². The molecule has 1 aromatic carbocycles.